The summed E-state index contributed by atoms with van der Waals surface area (Å²) in [5.74, 6) is 0. The highest BCUT2D eigenvalue weighted by atomic mass is 16.6. The Morgan fingerprint density at radius 2 is 2.29 bits per heavy atom. The molecule has 2 N–H and O–H groups in total. The van der Waals surface area contributed by atoms with Gasteiger partial charge in [0.15, 0.2) is 0 Å². The van der Waals surface area contributed by atoms with Crippen molar-refractivity contribution in [3.05, 3.63) is 39.9 Å². The maximum atomic E-state index is 10.4. The minimum absolute atomic E-state index is 0.0466. The molecule has 0 aliphatic rings. The van der Waals surface area contributed by atoms with Gasteiger partial charge in [0, 0.05) is 18.7 Å². The average Bonchev–Trinajstić information content (AvgIpc) is 2.15. The van der Waals surface area contributed by atoms with Gasteiger partial charge in [0.1, 0.15) is 0 Å². The minimum Gasteiger partial charge on any atom is -0.465 e. The van der Waals surface area contributed by atoms with E-state index in [1.165, 1.54) is 18.2 Å². The van der Waals surface area contributed by atoms with Crippen molar-refractivity contribution >= 4 is 11.8 Å². The molecule has 0 saturated carbocycles. The Labute approximate surface area is 79.3 Å². The van der Waals surface area contributed by atoms with E-state index in [1.807, 2.05) is 0 Å². The van der Waals surface area contributed by atoms with E-state index in [9.17, 15) is 14.9 Å². The molecule has 0 spiro atoms. The molecule has 0 atom stereocenters. The van der Waals surface area contributed by atoms with Gasteiger partial charge in [0.2, 0.25) is 0 Å². The summed E-state index contributed by atoms with van der Waals surface area (Å²) in [5, 5.41) is 20.8. The molecular formula is C8H8N2O4. The number of rotatable bonds is 3. The lowest BCUT2D eigenvalue weighted by molar-refractivity contribution is -0.384. The van der Waals surface area contributed by atoms with E-state index < -0.39 is 11.0 Å². The molecule has 0 aliphatic carbocycles. The Hall–Kier alpha value is -2.11. The summed E-state index contributed by atoms with van der Waals surface area (Å²) < 4.78 is 0. The number of hydrogen-bond acceptors (Lipinski definition) is 3. The van der Waals surface area contributed by atoms with Crippen molar-refractivity contribution in [2.75, 3.05) is 0 Å². The standard InChI is InChI=1S/C8H8N2O4/c11-8(12)9-5-6-2-1-3-7(4-6)10(13)14/h1-4,9H,5H2,(H,11,12). The van der Waals surface area contributed by atoms with Crippen molar-refractivity contribution in [2.45, 2.75) is 6.54 Å². The van der Waals surface area contributed by atoms with Crippen LogP contribution in [0.15, 0.2) is 24.3 Å². The van der Waals surface area contributed by atoms with E-state index in [-0.39, 0.29) is 12.2 Å². The lowest BCUT2D eigenvalue weighted by atomic mass is 10.2. The van der Waals surface area contributed by atoms with E-state index in [0.29, 0.717) is 5.56 Å². The molecule has 6 nitrogen and oxygen atoms in total. The van der Waals surface area contributed by atoms with Crippen LogP contribution in [-0.4, -0.2) is 16.1 Å². The molecule has 74 valence electrons. The molecule has 0 bridgehead atoms. The van der Waals surface area contributed by atoms with Gasteiger partial charge in [0.05, 0.1) is 4.92 Å². The summed E-state index contributed by atoms with van der Waals surface area (Å²) in [6.07, 6.45) is -1.16. The molecule has 0 fully saturated rings. The molecular weight excluding hydrogens is 188 g/mol. The maximum Gasteiger partial charge on any atom is 0.404 e. The predicted octanol–water partition coefficient (Wildman–Crippen LogP) is 1.36. The first-order valence-corrected chi connectivity index (χ1v) is 3.79. The van der Waals surface area contributed by atoms with Crippen LogP contribution in [0.25, 0.3) is 0 Å². The van der Waals surface area contributed by atoms with Gasteiger partial charge in [-0.3, -0.25) is 10.1 Å². The number of hydrogen-bond donors (Lipinski definition) is 2. The van der Waals surface area contributed by atoms with Gasteiger partial charge < -0.3 is 10.4 Å². The third-order valence-corrected chi connectivity index (χ3v) is 1.57. The number of nitrogens with one attached hydrogen (secondary N) is 1. The number of amides is 1. The van der Waals surface area contributed by atoms with Crippen molar-refractivity contribution in [2.24, 2.45) is 0 Å². The van der Waals surface area contributed by atoms with E-state index >= 15 is 0 Å². The number of nitro groups is 1. The minimum atomic E-state index is -1.16. The molecule has 1 aromatic carbocycles. The zero-order valence-electron chi connectivity index (χ0n) is 7.14. The first-order chi connectivity index (χ1) is 6.59. The van der Waals surface area contributed by atoms with Crippen LogP contribution in [0, 0.1) is 10.1 Å². The molecule has 0 aromatic heterocycles. The summed E-state index contributed by atoms with van der Waals surface area (Å²) in [6.45, 7) is 0.0665. The molecule has 0 saturated heterocycles. The fraction of sp³-hybridized carbons (Fsp3) is 0.125. The van der Waals surface area contributed by atoms with Gasteiger partial charge in [-0.25, -0.2) is 4.79 Å². The second kappa shape index (κ2) is 4.22. The van der Waals surface area contributed by atoms with Gasteiger partial charge in [0.25, 0.3) is 5.69 Å². The molecule has 0 unspecified atom stereocenters. The molecule has 1 aromatic rings. The van der Waals surface area contributed by atoms with E-state index in [0.717, 1.165) is 0 Å². The van der Waals surface area contributed by atoms with Crippen molar-refractivity contribution < 1.29 is 14.8 Å². The van der Waals surface area contributed by atoms with E-state index in [4.69, 9.17) is 5.11 Å². The summed E-state index contributed by atoms with van der Waals surface area (Å²) in [5.41, 5.74) is 0.510. The summed E-state index contributed by atoms with van der Waals surface area (Å²) in [7, 11) is 0. The van der Waals surface area contributed by atoms with Crippen LogP contribution in [0.2, 0.25) is 0 Å². The normalized spacial score (nSPS) is 9.43. The maximum absolute atomic E-state index is 10.4. The number of benzene rings is 1. The second-order valence-corrected chi connectivity index (χ2v) is 2.59. The van der Waals surface area contributed by atoms with Crippen LogP contribution in [0.1, 0.15) is 5.56 Å². The molecule has 6 heteroatoms. The Bertz CT molecular complexity index is 364. The van der Waals surface area contributed by atoms with E-state index in [2.05, 4.69) is 5.32 Å². The SMILES string of the molecule is O=C(O)NCc1cccc([N+](=O)[O-])c1. The summed E-state index contributed by atoms with van der Waals surface area (Å²) in [4.78, 5) is 20.0. The highest BCUT2D eigenvalue weighted by Crippen LogP contribution is 2.12. The lowest BCUT2D eigenvalue weighted by Gasteiger charge is -2.00. The van der Waals surface area contributed by atoms with Gasteiger partial charge in [-0.05, 0) is 5.56 Å². The van der Waals surface area contributed by atoms with E-state index in [1.54, 1.807) is 6.07 Å². The third-order valence-electron chi connectivity index (χ3n) is 1.57. The fourth-order valence-electron chi connectivity index (χ4n) is 0.958. The molecule has 1 amide bonds. The lowest BCUT2D eigenvalue weighted by Crippen LogP contribution is -2.19. The zero-order valence-corrected chi connectivity index (χ0v) is 7.14. The Kier molecular flexibility index (Phi) is 3.01. The number of nitrogens with zero attached hydrogens (tertiary/aromatic N) is 1. The molecule has 0 radical (unpaired) electrons. The molecule has 0 aliphatic heterocycles. The van der Waals surface area contributed by atoms with Crippen LogP contribution < -0.4 is 5.32 Å². The number of carboxylic acid groups (broad SMARTS) is 1. The zero-order chi connectivity index (χ0) is 10.6. The van der Waals surface area contributed by atoms with Gasteiger partial charge in [-0.2, -0.15) is 0 Å². The fourth-order valence-corrected chi connectivity index (χ4v) is 0.958. The largest absolute Gasteiger partial charge is 0.465 e. The monoisotopic (exact) mass is 196 g/mol. The molecule has 0 heterocycles. The van der Waals surface area contributed by atoms with Crippen LogP contribution in [0.5, 0.6) is 0 Å². The summed E-state index contributed by atoms with van der Waals surface area (Å²) in [6, 6.07) is 5.81. The van der Waals surface area contributed by atoms with Crippen LogP contribution in [-0.2, 0) is 6.54 Å². The van der Waals surface area contributed by atoms with Gasteiger partial charge in [-0.1, -0.05) is 12.1 Å². The Morgan fingerprint density at radius 3 is 2.86 bits per heavy atom. The third kappa shape index (κ3) is 2.74. The summed E-state index contributed by atoms with van der Waals surface area (Å²) >= 11 is 0. The molecule has 14 heavy (non-hydrogen) atoms. The van der Waals surface area contributed by atoms with Gasteiger partial charge in [-0.15, -0.1) is 0 Å². The average molecular weight is 196 g/mol. The van der Waals surface area contributed by atoms with Crippen LogP contribution >= 0.6 is 0 Å². The topological polar surface area (TPSA) is 92.5 Å². The number of nitro benzene ring substituents is 1. The van der Waals surface area contributed by atoms with Crippen molar-refractivity contribution in [3.63, 3.8) is 0 Å². The Morgan fingerprint density at radius 1 is 1.57 bits per heavy atom. The first-order valence-electron chi connectivity index (χ1n) is 3.79. The quantitative estimate of drug-likeness (QED) is 0.563. The van der Waals surface area contributed by atoms with Gasteiger partial charge >= 0.3 is 6.09 Å². The molecule has 1 rings (SSSR count). The Balaban J connectivity index is 2.73. The van der Waals surface area contributed by atoms with Crippen molar-refractivity contribution in [1.82, 2.24) is 5.32 Å². The van der Waals surface area contributed by atoms with Crippen LogP contribution in [0.4, 0.5) is 10.5 Å². The highest BCUT2D eigenvalue weighted by Gasteiger charge is 2.05. The number of carbonyl (C=O) groups is 1. The number of non-ortho nitro benzene ring substituents is 1. The van der Waals surface area contributed by atoms with Crippen LogP contribution in [0.3, 0.4) is 0 Å². The highest BCUT2D eigenvalue weighted by molar-refractivity contribution is 5.64. The first kappa shape index (κ1) is 9.97. The van der Waals surface area contributed by atoms with Crippen molar-refractivity contribution in [3.8, 4) is 0 Å². The smallest absolute Gasteiger partial charge is 0.404 e. The van der Waals surface area contributed by atoms with Crippen molar-refractivity contribution in [1.29, 1.82) is 0 Å². The second-order valence-electron chi connectivity index (χ2n) is 2.59. The predicted molar refractivity (Wildman–Crippen MR) is 48.0 cm³/mol.